The zero-order chi connectivity index (χ0) is 9.80. The Balaban J connectivity index is 2.12. The van der Waals surface area contributed by atoms with Gasteiger partial charge in [0.2, 0.25) is 0 Å². The highest BCUT2D eigenvalue weighted by Crippen LogP contribution is 2.20. The van der Waals surface area contributed by atoms with E-state index in [1.807, 2.05) is 6.07 Å². The molecule has 0 aromatic heterocycles. The first-order valence-corrected chi connectivity index (χ1v) is 5.83. The maximum atomic E-state index is 5.99. The fraction of sp³-hybridized carbons (Fsp3) is 0.500. The molecule has 1 aromatic carbocycles. The van der Waals surface area contributed by atoms with Crippen molar-refractivity contribution in [3.63, 3.8) is 0 Å². The van der Waals surface area contributed by atoms with Crippen LogP contribution in [0.2, 0.25) is 5.02 Å². The second-order valence-electron chi connectivity index (χ2n) is 4.04. The van der Waals surface area contributed by atoms with Crippen molar-refractivity contribution in [1.29, 1.82) is 0 Å². The van der Waals surface area contributed by atoms with E-state index in [0.29, 0.717) is 6.04 Å². The molecule has 2 rings (SSSR count). The van der Waals surface area contributed by atoms with Gasteiger partial charge in [-0.05, 0) is 31.4 Å². The van der Waals surface area contributed by atoms with E-state index in [9.17, 15) is 0 Å². The lowest BCUT2D eigenvalue weighted by Crippen LogP contribution is -2.84. The van der Waals surface area contributed by atoms with Gasteiger partial charge in [-0.1, -0.05) is 23.7 Å². The van der Waals surface area contributed by atoms with Gasteiger partial charge in [-0.15, -0.1) is 0 Å². The van der Waals surface area contributed by atoms with Crippen LogP contribution in [0.1, 0.15) is 37.3 Å². The third-order valence-electron chi connectivity index (χ3n) is 2.95. The summed E-state index contributed by atoms with van der Waals surface area (Å²) >= 11 is 5.99. The van der Waals surface area contributed by atoms with Crippen LogP contribution in [0.15, 0.2) is 24.3 Å². The quantitative estimate of drug-likeness (QED) is 0.734. The van der Waals surface area contributed by atoms with Crippen LogP contribution in [0, 0.1) is 0 Å². The van der Waals surface area contributed by atoms with Gasteiger partial charge in [0.25, 0.3) is 0 Å². The predicted octanol–water partition coefficient (Wildman–Crippen LogP) is 2.52. The lowest BCUT2D eigenvalue weighted by molar-refractivity contribution is -0.694. The average Bonchev–Trinajstić information content (AvgIpc) is 2.45. The summed E-state index contributed by atoms with van der Waals surface area (Å²) in [5, 5.41) is 3.32. The van der Waals surface area contributed by atoms with Crippen LogP contribution < -0.4 is 5.32 Å². The third-order valence-corrected chi connectivity index (χ3v) is 3.18. The molecule has 2 heteroatoms. The van der Waals surface area contributed by atoms with Crippen LogP contribution >= 0.6 is 11.6 Å². The van der Waals surface area contributed by atoms with E-state index in [2.05, 4.69) is 23.5 Å². The lowest BCUT2D eigenvalue weighted by Gasteiger charge is -2.12. The average molecular weight is 211 g/mol. The van der Waals surface area contributed by atoms with Crippen LogP contribution in [0.5, 0.6) is 0 Å². The fourth-order valence-corrected chi connectivity index (χ4v) is 2.36. The van der Waals surface area contributed by atoms with Crippen molar-refractivity contribution in [2.75, 3.05) is 6.54 Å². The van der Waals surface area contributed by atoms with Gasteiger partial charge in [-0.25, -0.2) is 0 Å². The number of nitrogens with two attached hydrogens (primary N) is 1. The topological polar surface area (TPSA) is 16.6 Å². The van der Waals surface area contributed by atoms with Gasteiger partial charge >= 0.3 is 0 Å². The van der Waals surface area contributed by atoms with Gasteiger partial charge in [0.05, 0.1) is 6.54 Å². The zero-order valence-corrected chi connectivity index (χ0v) is 9.13. The molecule has 2 N–H and O–H groups in total. The van der Waals surface area contributed by atoms with E-state index >= 15 is 0 Å². The summed E-state index contributed by atoms with van der Waals surface area (Å²) in [5.41, 5.74) is 1.39. The van der Waals surface area contributed by atoms with Crippen molar-refractivity contribution in [1.82, 2.24) is 0 Å². The summed E-state index contributed by atoms with van der Waals surface area (Å²) in [6.07, 6.45) is 5.39. The van der Waals surface area contributed by atoms with Gasteiger partial charge in [0.1, 0.15) is 6.04 Å². The Hall–Kier alpha value is -0.530. The Morgan fingerprint density at radius 2 is 2.14 bits per heavy atom. The number of hydrogen-bond donors (Lipinski definition) is 1. The summed E-state index contributed by atoms with van der Waals surface area (Å²) < 4.78 is 0. The molecule has 1 heterocycles. The molecular weight excluding hydrogens is 194 g/mol. The van der Waals surface area contributed by atoms with Crippen LogP contribution in [-0.4, -0.2) is 6.54 Å². The van der Waals surface area contributed by atoms with Crippen molar-refractivity contribution in [3.05, 3.63) is 34.9 Å². The Kier molecular flexibility index (Phi) is 3.44. The van der Waals surface area contributed by atoms with Gasteiger partial charge in [0.15, 0.2) is 0 Å². The van der Waals surface area contributed by atoms with E-state index < -0.39 is 0 Å². The van der Waals surface area contributed by atoms with Gasteiger partial charge in [-0.2, -0.15) is 0 Å². The second kappa shape index (κ2) is 4.81. The highest BCUT2D eigenvalue weighted by Gasteiger charge is 2.16. The molecular formula is C12H17ClN+. The molecule has 1 saturated heterocycles. The second-order valence-corrected chi connectivity index (χ2v) is 4.47. The first-order valence-electron chi connectivity index (χ1n) is 5.45. The zero-order valence-electron chi connectivity index (χ0n) is 8.38. The van der Waals surface area contributed by atoms with E-state index in [0.717, 1.165) is 5.02 Å². The van der Waals surface area contributed by atoms with Crippen molar-refractivity contribution < 1.29 is 5.32 Å². The third kappa shape index (κ3) is 2.49. The predicted molar refractivity (Wildman–Crippen MR) is 59.5 cm³/mol. The molecule has 1 aliphatic rings. The molecule has 1 aromatic rings. The Morgan fingerprint density at radius 1 is 1.21 bits per heavy atom. The summed E-state index contributed by atoms with van der Waals surface area (Å²) in [6, 6.07) is 8.93. The Bertz CT molecular complexity index is 290. The van der Waals surface area contributed by atoms with E-state index in [1.54, 1.807) is 0 Å². The van der Waals surface area contributed by atoms with Crippen LogP contribution in [0.25, 0.3) is 0 Å². The maximum Gasteiger partial charge on any atom is 0.112 e. The molecule has 0 spiro atoms. The van der Waals surface area contributed by atoms with Gasteiger partial charge < -0.3 is 5.32 Å². The SMILES string of the molecule is Clc1cccc([C@@H]2CCCCC[NH2+]2)c1. The standard InChI is InChI=1S/C12H16ClN/c13-11-6-4-5-10(9-11)12-7-2-1-3-8-14-12/h4-6,9,12,14H,1-3,7-8H2/p+1/t12-/m0/s1. The number of quaternary nitrogens is 1. The highest BCUT2D eigenvalue weighted by atomic mass is 35.5. The molecule has 0 bridgehead atoms. The Morgan fingerprint density at radius 3 is 3.00 bits per heavy atom. The number of benzene rings is 1. The van der Waals surface area contributed by atoms with Crippen LogP contribution in [0.3, 0.4) is 0 Å². The van der Waals surface area contributed by atoms with Crippen molar-refractivity contribution in [2.45, 2.75) is 31.7 Å². The van der Waals surface area contributed by atoms with Crippen molar-refractivity contribution >= 4 is 11.6 Å². The monoisotopic (exact) mass is 210 g/mol. The molecule has 1 aliphatic heterocycles. The molecule has 0 radical (unpaired) electrons. The van der Waals surface area contributed by atoms with Crippen LogP contribution in [0.4, 0.5) is 0 Å². The van der Waals surface area contributed by atoms with Gasteiger partial charge in [-0.3, -0.25) is 0 Å². The van der Waals surface area contributed by atoms with Gasteiger partial charge in [0, 0.05) is 17.0 Å². The van der Waals surface area contributed by atoms with E-state index in [1.165, 1.54) is 37.8 Å². The van der Waals surface area contributed by atoms with Crippen molar-refractivity contribution in [3.8, 4) is 0 Å². The molecule has 1 fully saturated rings. The summed E-state index contributed by atoms with van der Waals surface area (Å²) in [5.74, 6) is 0. The van der Waals surface area contributed by atoms with E-state index in [4.69, 9.17) is 11.6 Å². The smallest absolute Gasteiger partial charge is 0.112 e. The van der Waals surface area contributed by atoms with Crippen LogP contribution in [-0.2, 0) is 0 Å². The largest absolute Gasteiger partial charge is 0.340 e. The minimum atomic E-state index is 0.635. The minimum absolute atomic E-state index is 0.635. The van der Waals surface area contributed by atoms with E-state index in [-0.39, 0.29) is 0 Å². The summed E-state index contributed by atoms with van der Waals surface area (Å²) in [4.78, 5) is 0. The maximum absolute atomic E-state index is 5.99. The summed E-state index contributed by atoms with van der Waals surface area (Å²) in [6.45, 7) is 1.26. The lowest BCUT2D eigenvalue weighted by atomic mass is 10.0. The molecule has 1 nitrogen and oxygen atoms in total. The minimum Gasteiger partial charge on any atom is -0.340 e. The molecule has 1 atom stereocenters. The first-order chi connectivity index (χ1) is 6.86. The molecule has 76 valence electrons. The molecule has 0 saturated carbocycles. The summed E-state index contributed by atoms with van der Waals surface area (Å²) in [7, 11) is 0. The highest BCUT2D eigenvalue weighted by molar-refractivity contribution is 6.30. The molecule has 0 aliphatic carbocycles. The normalized spacial score (nSPS) is 23.1. The molecule has 0 amide bonds. The first kappa shape index (κ1) is 10.0. The number of hydrogen-bond acceptors (Lipinski definition) is 0. The number of rotatable bonds is 1. The molecule has 0 unspecified atom stereocenters. The number of halogens is 1. The Labute approximate surface area is 90.5 Å². The van der Waals surface area contributed by atoms with Crippen molar-refractivity contribution in [2.24, 2.45) is 0 Å². The molecule has 14 heavy (non-hydrogen) atoms. The fourth-order valence-electron chi connectivity index (χ4n) is 2.16.